The minimum atomic E-state index is -0.156. The highest BCUT2D eigenvalue weighted by Gasteiger charge is 2.19. The molecule has 1 aliphatic heterocycles. The maximum absolute atomic E-state index is 12.0. The van der Waals surface area contributed by atoms with Crippen molar-refractivity contribution in [1.82, 2.24) is 14.9 Å². The van der Waals surface area contributed by atoms with E-state index in [1.807, 2.05) is 25.7 Å². The maximum Gasteiger partial charge on any atom is 0.224 e. The molecule has 2 rings (SSSR count). The first kappa shape index (κ1) is 15.5. The fraction of sp³-hybridized carbons (Fsp3) is 0.667. The molecule has 3 N–H and O–H groups in total. The number of carbonyl (C=O) groups is 1. The normalized spacial score (nSPS) is 15.3. The Morgan fingerprint density at radius 3 is 2.62 bits per heavy atom. The number of likely N-dealkylation sites (tertiary alicyclic amines) is 1. The minimum absolute atomic E-state index is 0.156. The van der Waals surface area contributed by atoms with Crippen LogP contribution in [0.15, 0.2) is 6.07 Å². The molecule has 2 heterocycles. The smallest absolute Gasteiger partial charge is 0.224 e. The van der Waals surface area contributed by atoms with Crippen molar-refractivity contribution in [3.63, 3.8) is 0 Å². The molecule has 0 atom stereocenters. The van der Waals surface area contributed by atoms with Crippen molar-refractivity contribution in [2.75, 3.05) is 30.7 Å². The topological polar surface area (TPSA) is 84.1 Å². The number of nitrogens with two attached hydrogens (primary N) is 1. The van der Waals surface area contributed by atoms with Gasteiger partial charge in [0, 0.05) is 37.5 Å². The summed E-state index contributed by atoms with van der Waals surface area (Å²) < 4.78 is 0. The fourth-order valence-electron chi connectivity index (χ4n) is 2.31. The number of hydrogen-bond donors (Lipinski definition) is 2. The van der Waals surface area contributed by atoms with Gasteiger partial charge in [0.05, 0.1) is 0 Å². The molecular weight excluding hydrogens is 266 g/mol. The molecule has 21 heavy (non-hydrogen) atoms. The second-order valence-electron chi connectivity index (χ2n) is 6.52. The fourth-order valence-corrected chi connectivity index (χ4v) is 2.31. The van der Waals surface area contributed by atoms with Gasteiger partial charge in [-0.15, -0.1) is 0 Å². The van der Waals surface area contributed by atoms with E-state index in [-0.39, 0.29) is 11.3 Å². The van der Waals surface area contributed by atoms with Gasteiger partial charge in [0.15, 0.2) is 0 Å². The van der Waals surface area contributed by atoms with Gasteiger partial charge in [-0.2, -0.15) is 0 Å². The Morgan fingerprint density at radius 2 is 2.00 bits per heavy atom. The highest BCUT2D eigenvalue weighted by atomic mass is 16.2. The predicted octanol–water partition coefficient (Wildman–Crippen LogP) is 1.78. The summed E-state index contributed by atoms with van der Waals surface area (Å²) in [6.07, 6.45) is 2.72. The quantitative estimate of drug-likeness (QED) is 0.883. The standard InChI is InChI=1S/C15H25N5O/c1-15(2,3)14-18-11(16)10-12(19-14)17-7-6-13(21)20-8-4-5-9-20/h10H,4-9H2,1-3H3,(H3,16,17,18,19). The molecule has 0 saturated carbocycles. The van der Waals surface area contributed by atoms with Crippen molar-refractivity contribution in [1.29, 1.82) is 0 Å². The zero-order valence-electron chi connectivity index (χ0n) is 13.1. The van der Waals surface area contributed by atoms with Gasteiger partial charge >= 0.3 is 0 Å². The van der Waals surface area contributed by atoms with E-state index < -0.39 is 0 Å². The number of nitrogen functional groups attached to an aromatic ring is 1. The third-order valence-corrected chi connectivity index (χ3v) is 3.52. The third kappa shape index (κ3) is 4.31. The molecule has 0 bridgehead atoms. The number of anilines is 2. The van der Waals surface area contributed by atoms with Crippen molar-refractivity contribution < 1.29 is 4.79 Å². The molecule has 0 spiro atoms. The van der Waals surface area contributed by atoms with Gasteiger partial charge in [0.2, 0.25) is 5.91 Å². The van der Waals surface area contributed by atoms with E-state index in [0.29, 0.717) is 30.4 Å². The summed E-state index contributed by atoms with van der Waals surface area (Å²) in [7, 11) is 0. The second kappa shape index (κ2) is 6.28. The molecule has 6 nitrogen and oxygen atoms in total. The molecule has 6 heteroatoms. The van der Waals surface area contributed by atoms with Crippen LogP contribution in [-0.4, -0.2) is 40.4 Å². The molecule has 0 radical (unpaired) electrons. The number of hydrogen-bond acceptors (Lipinski definition) is 5. The lowest BCUT2D eigenvalue weighted by molar-refractivity contribution is -0.129. The zero-order chi connectivity index (χ0) is 15.5. The van der Waals surface area contributed by atoms with Gasteiger partial charge in [0.1, 0.15) is 17.5 Å². The SMILES string of the molecule is CC(C)(C)c1nc(N)cc(NCCC(=O)N2CCCC2)n1. The summed E-state index contributed by atoms with van der Waals surface area (Å²) in [4.78, 5) is 22.6. The lowest BCUT2D eigenvalue weighted by atomic mass is 9.96. The Morgan fingerprint density at radius 1 is 1.33 bits per heavy atom. The van der Waals surface area contributed by atoms with Crippen LogP contribution >= 0.6 is 0 Å². The van der Waals surface area contributed by atoms with Crippen molar-refractivity contribution >= 4 is 17.5 Å². The first-order valence-electron chi connectivity index (χ1n) is 7.53. The van der Waals surface area contributed by atoms with E-state index in [4.69, 9.17) is 5.73 Å². The third-order valence-electron chi connectivity index (χ3n) is 3.52. The van der Waals surface area contributed by atoms with Gasteiger partial charge in [-0.3, -0.25) is 4.79 Å². The van der Waals surface area contributed by atoms with Crippen molar-refractivity contribution in [3.05, 3.63) is 11.9 Å². The summed E-state index contributed by atoms with van der Waals surface area (Å²) in [6.45, 7) is 8.49. The van der Waals surface area contributed by atoms with Crippen LogP contribution in [0.4, 0.5) is 11.6 Å². The van der Waals surface area contributed by atoms with Crippen molar-refractivity contribution in [2.45, 2.75) is 45.4 Å². The Labute approximate surface area is 126 Å². The molecule has 0 aromatic carbocycles. The Bertz CT molecular complexity index is 503. The maximum atomic E-state index is 12.0. The summed E-state index contributed by atoms with van der Waals surface area (Å²) in [5.74, 6) is 2.04. The molecule has 0 unspecified atom stereocenters. The van der Waals surface area contributed by atoms with E-state index in [1.54, 1.807) is 6.07 Å². The molecule has 116 valence electrons. The van der Waals surface area contributed by atoms with Crippen LogP contribution in [0.25, 0.3) is 0 Å². The molecule has 1 aliphatic rings. The van der Waals surface area contributed by atoms with Crippen LogP contribution in [0.1, 0.15) is 45.9 Å². The van der Waals surface area contributed by atoms with E-state index in [1.165, 1.54) is 0 Å². The van der Waals surface area contributed by atoms with E-state index in [2.05, 4.69) is 15.3 Å². The van der Waals surface area contributed by atoms with E-state index in [9.17, 15) is 4.79 Å². The Hall–Kier alpha value is -1.85. The average molecular weight is 291 g/mol. The molecule has 1 fully saturated rings. The van der Waals surface area contributed by atoms with Crippen LogP contribution in [-0.2, 0) is 10.2 Å². The largest absolute Gasteiger partial charge is 0.384 e. The Kier molecular flexibility index (Phi) is 4.65. The van der Waals surface area contributed by atoms with Crippen LogP contribution < -0.4 is 11.1 Å². The monoisotopic (exact) mass is 291 g/mol. The second-order valence-corrected chi connectivity index (χ2v) is 6.52. The van der Waals surface area contributed by atoms with Crippen LogP contribution in [0, 0.1) is 0 Å². The molecule has 1 saturated heterocycles. The number of nitrogens with one attached hydrogen (secondary N) is 1. The number of aromatic nitrogens is 2. The van der Waals surface area contributed by atoms with Crippen molar-refractivity contribution in [2.24, 2.45) is 0 Å². The molecule has 1 aromatic rings. The van der Waals surface area contributed by atoms with Gasteiger partial charge < -0.3 is 16.0 Å². The highest BCUT2D eigenvalue weighted by molar-refractivity contribution is 5.76. The van der Waals surface area contributed by atoms with Gasteiger partial charge in [-0.25, -0.2) is 9.97 Å². The Balaban J connectivity index is 1.91. The van der Waals surface area contributed by atoms with E-state index >= 15 is 0 Å². The summed E-state index contributed by atoms with van der Waals surface area (Å²) >= 11 is 0. The lowest BCUT2D eigenvalue weighted by Gasteiger charge is -2.18. The average Bonchev–Trinajstić information content (AvgIpc) is 2.90. The summed E-state index contributed by atoms with van der Waals surface area (Å²) in [6, 6.07) is 1.70. The van der Waals surface area contributed by atoms with E-state index in [0.717, 1.165) is 25.9 Å². The van der Waals surface area contributed by atoms with Crippen LogP contribution in [0.2, 0.25) is 0 Å². The highest BCUT2D eigenvalue weighted by Crippen LogP contribution is 2.21. The number of rotatable bonds is 4. The number of nitrogens with zero attached hydrogens (tertiary/aromatic N) is 3. The first-order valence-corrected chi connectivity index (χ1v) is 7.53. The van der Waals surface area contributed by atoms with Gasteiger partial charge in [0.25, 0.3) is 0 Å². The zero-order valence-corrected chi connectivity index (χ0v) is 13.1. The minimum Gasteiger partial charge on any atom is -0.384 e. The molecule has 0 aliphatic carbocycles. The molecular formula is C15H25N5O. The van der Waals surface area contributed by atoms with Crippen LogP contribution in [0.5, 0.6) is 0 Å². The summed E-state index contributed by atoms with van der Waals surface area (Å²) in [5.41, 5.74) is 5.67. The predicted molar refractivity (Wildman–Crippen MR) is 84.1 cm³/mol. The van der Waals surface area contributed by atoms with Crippen molar-refractivity contribution in [3.8, 4) is 0 Å². The number of amides is 1. The van der Waals surface area contributed by atoms with Gasteiger partial charge in [-0.1, -0.05) is 20.8 Å². The first-order chi connectivity index (χ1) is 9.86. The summed E-state index contributed by atoms with van der Waals surface area (Å²) in [5, 5.41) is 3.17. The van der Waals surface area contributed by atoms with Gasteiger partial charge in [-0.05, 0) is 12.8 Å². The molecule has 1 aromatic heterocycles. The molecule has 1 amide bonds. The lowest BCUT2D eigenvalue weighted by Crippen LogP contribution is -2.29. The van der Waals surface area contributed by atoms with Crippen LogP contribution in [0.3, 0.4) is 0 Å². The number of carbonyl (C=O) groups excluding carboxylic acids is 1.